The van der Waals surface area contributed by atoms with Crippen molar-refractivity contribution in [1.29, 1.82) is 0 Å². The van der Waals surface area contributed by atoms with Gasteiger partial charge in [0, 0.05) is 37.5 Å². The predicted molar refractivity (Wildman–Crippen MR) is 113 cm³/mol. The van der Waals surface area contributed by atoms with Crippen molar-refractivity contribution < 1.29 is 23.9 Å². The van der Waals surface area contributed by atoms with Crippen LogP contribution >= 0.6 is 0 Å². The number of rotatable bonds is 4. The fourth-order valence-corrected chi connectivity index (χ4v) is 3.82. The number of amides is 2. The molecule has 1 saturated carbocycles. The predicted octanol–water partition coefficient (Wildman–Crippen LogP) is 4.37. The van der Waals surface area contributed by atoms with Crippen molar-refractivity contribution in [2.75, 3.05) is 18.4 Å². The summed E-state index contributed by atoms with van der Waals surface area (Å²) in [7, 11) is 0. The Morgan fingerprint density at radius 2 is 1.57 bits per heavy atom. The monoisotopic (exact) mass is 416 g/mol. The van der Waals surface area contributed by atoms with Gasteiger partial charge in [0.05, 0.1) is 5.56 Å². The summed E-state index contributed by atoms with van der Waals surface area (Å²) >= 11 is 0. The van der Waals surface area contributed by atoms with Crippen molar-refractivity contribution in [3.63, 3.8) is 0 Å². The van der Waals surface area contributed by atoms with Crippen molar-refractivity contribution >= 4 is 23.7 Å². The highest BCUT2D eigenvalue weighted by Crippen LogP contribution is 2.26. The fraction of sp³-hybridized carbons (Fsp3) is 0.609. The van der Waals surface area contributed by atoms with Crippen LogP contribution in [0.3, 0.4) is 0 Å². The van der Waals surface area contributed by atoms with Crippen molar-refractivity contribution in [3.8, 4) is 0 Å². The lowest BCUT2D eigenvalue weighted by atomic mass is 10.1. The first-order valence-electron chi connectivity index (χ1n) is 10.8. The molecule has 0 radical (unpaired) electrons. The van der Waals surface area contributed by atoms with E-state index in [1.54, 1.807) is 29.2 Å². The van der Waals surface area contributed by atoms with Crippen LogP contribution in [0.15, 0.2) is 24.3 Å². The van der Waals surface area contributed by atoms with Crippen molar-refractivity contribution in [2.45, 2.75) is 71.0 Å². The summed E-state index contributed by atoms with van der Waals surface area (Å²) in [5.41, 5.74) is 0.612. The zero-order chi connectivity index (χ0) is 21.7. The Balaban J connectivity index is 1.45. The molecule has 0 unspecified atom stereocenters. The summed E-state index contributed by atoms with van der Waals surface area (Å²) in [6, 6.07) is 6.80. The summed E-state index contributed by atoms with van der Waals surface area (Å²) in [6.07, 6.45) is 4.73. The molecule has 1 N–H and O–H groups in total. The third kappa shape index (κ3) is 6.21. The first-order chi connectivity index (χ1) is 14.2. The molecule has 1 aliphatic heterocycles. The molecule has 7 nitrogen and oxygen atoms in total. The maximum atomic E-state index is 12.4. The SMILES string of the molecule is CC(C)(C)OC(=O)N1CCC(OC(=O)c2ccc(NC(=O)C3CCCC3)cc2)CC1. The van der Waals surface area contributed by atoms with E-state index >= 15 is 0 Å². The summed E-state index contributed by atoms with van der Waals surface area (Å²) in [4.78, 5) is 38.4. The standard InChI is InChI=1S/C23H32N2O5/c1-23(2,3)30-22(28)25-14-12-19(13-15-25)29-21(27)17-8-10-18(11-9-17)24-20(26)16-6-4-5-7-16/h8-11,16,19H,4-7,12-15H2,1-3H3,(H,24,26). The molecule has 1 aromatic rings. The quantitative estimate of drug-likeness (QED) is 0.737. The van der Waals surface area contributed by atoms with Gasteiger partial charge in [0.1, 0.15) is 11.7 Å². The lowest BCUT2D eigenvalue weighted by Gasteiger charge is -2.33. The smallest absolute Gasteiger partial charge is 0.410 e. The normalized spacial score (nSPS) is 18.2. The first-order valence-corrected chi connectivity index (χ1v) is 10.8. The summed E-state index contributed by atoms with van der Waals surface area (Å²) in [5.74, 6) is -0.236. The minimum atomic E-state index is -0.525. The Kier molecular flexibility index (Phi) is 7.00. The Morgan fingerprint density at radius 1 is 0.967 bits per heavy atom. The van der Waals surface area contributed by atoms with Crippen LogP contribution in [0.5, 0.6) is 0 Å². The average molecular weight is 417 g/mol. The zero-order valence-corrected chi connectivity index (χ0v) is 18.1. The second kappa shape index (κ2) is 9.49. The van der Waals surface area contributed by atoms with E-state index in [0.29, 0.717) is 37.2 Å². The van der Waals surface area contributed by atoms with E-state index < -0.39 is 5.60 Å². The van der Waals surface area contributed by atoms with E-state index in [9.17, 15) is 14.4 Å². The average Bonchev–Trinajstić information content (AvgIpc) is 3.23. The van der Waals surface area contributed by atoms with E-state index in [0.717, 1.165) is 25.7 Å². The van der Waals surface area contributed by atoms with Gasteiger partial charge >= 0.3 is 12.1 Å². The topological polar surface area (TPSA) is 84.9 Å². The van der Waals surface area contributed by atoms with Crippen LogP contribution in [-0.2, 0) is 14.3 Å². The van der Waals surface area contributed by atoms with Crippen molar-refractivity contribution in [2.24, 2.45) is 5.92 Å². The molecule has 2 amide bonds. The molecule has 0 spiro atoms. The molecule has 0 aromatic heterocycles. The third-order valence-electron chi connectivity index (χ3n) is 5.48. The van der Waals surface area contributed by atoms with Gasteiger partial charge < -0.3 is 19.7 Å². The van der Waals surface area contributed by atoms with Crippen molar-refractivity contribution in [1.82, 2.24) is 4.90 Å². The number of hydrogen-bond donors (Lipinski definition) is 1. The summed E-state index contributed by atoms with van der Waals surface area (Å²) in [6.45, 7) is 6.51. The highest BCUT2D eigenvalue weighted by molar-refractivity contribution is 5.94. The minimum Gasteiger partial charge on any atom is -0.459 e. The van der Waals surface area contributed by atoms with E-state index in [2.05, 4.69) is 5.32 Å². The van der Waals surface area contributed by atoms with Crippen LogP contribution in [0, 0.1) is 5.92 Å². The van der Waals surface area contributed by atoms with Crippen LogP contribution in [0.1, 0.15) is 69.7 Å². The Morgan fingerprint density at radius 3 is 2.13 bits per heavy atom. The molecular formula is C23H32N2O5. The number of nitrogens with one attached hydrogen (secondary N) is 1. The first kappa shape index (κ1) is 22.1. The number of benzene rings is 1. The summed E-state index contributed by atoms with van der Waals surface area (Å²) < 4.78 is 11.0. The van der Waals surface area contributed by atoms with Gasteiger partial charge in [-0.2, -0.15) is 0 Å². The molecule has 1 heterocycles. The Labute approximate surface area is 178 Å². The van der Waals surface area contributed by atoms with E-state index in [1.807, 2.05) is 20.8 Å². The molecule has 30 heavy (non-hydrogen) atoms. The molecule has 164 valence electrons. The Hall–Kier alpha value is -2.57. The van der Waals surface area contributed by atoms with Gasteiger partial charge in [-0.05, 0) is 57.9 Å². The molecule has 3 rings (SSSR count). The third-order valence-corrected chi connectivity index (χ3v) is 5.48. The highest BCUT2D eigenvalue weighted by atomic mass is 16.6. The van der Waals surface area contributed by atoms with Crippen molar-refractivity contribution in [3.05, 3.63) is 29.8 Å². The number of likely N-dealkylation sites (tertiary alicyclic amines) is 1. The minimum absolute atomic E-state index is 0.0552. The van der Waals surface area contributed by atoms with Crippen LogP contribution in [0.4, 0.5) is 10.5 Å². The largest absolute Gasteiger partial charge is 0.459 e. The second-order valence-electron chi connectivity index (χ2n) is 9.12. The lowest BCUT2D eigenvalue weighted by Crippen LogP contribution is -2.43. The molecule has 2 fully saturated rings. The lowest BCUT2D eigenvalue weighted by molar-refractivity contribution is -0.119. The molecule has 7 heteroatoms. The van der Waals surface area contributed by atoms with Gasteiger partial charge in [0.15, 0.2) is 0 Å². The number of esters is 1. The number of carbonyl (C=O) groups excluding carboxylic acids is 3. The molecule has 1 aliphatic carbocycles. The summed E-state index contributed by atoms with van der Waals surface area (Å²) in [5, 5.41) is 2.92. The van der Waals surface area contributed by atoms with Gasteiger partial charge in [-0.15, -0.1) is 0 Å². The van der Waals surface area contributed by atoms with Gasteiger partial charge in [-0.3, -0.25) is 4.79 Å². The van der Waals surface area contributed by atoms with Gasteiger partial charge in [0.25, 0.3) is 0 Å². The van der Waals surface area contributed by atoms with E-state index in [4.69, 9.17) is 9.47 Å². The Bertz CT molecular complexity index is 755. The molecule has 0 atom stereocenters. The van der Waals surface area contributed by atoms with E-state index in [-0.39, 0.29) is 30.0 Å². The van der Waals surface area contributed by atoms with Crippen LogP contribution in [0.2, 0.25) is 0 Å². The second-order valence-corrected chi connectivity index (χ2v) is 9.12. The molecule has 2 aliphatic rings. The molecular weight excluding hydrogens is 384 g/mol. The zero-order valence-electron chi connectivity index (χ0n) is 18.1. The molecule has 1 saturated heterocycles. The fourth-order valence-electron chi connectivity index (χ4n) is 3.82. The van der Waals surface area contributed by atoms with E-state index in [1.165, 1.54) is 0 Å². The van der Waals surface area contributed by atoms with Crippen LogP contribution in [0.25, 0.3) is 0 Å². The number of carbonyl (C=O) groups is 3. The molecule has 1 aromatic carbocycles. The van der Waals surface area contributed by atoms with Gasteiger partial charge in [0.2, 0.25) is 5.91 Å². The van der Waals surface area contributed by atoms with Crippen LogP contribution in [-0.4, -0.2) is 47.7 Å². The van der Waals surface area contributed by atoms with Crippen LogP contribution < -0.4 is 5.32 Å². The molecule has 0 bridgehead atoms. The maximum Gasteiger partial charge on any atom is 0.410 e. The van der Waals surface area contributed by atoms with Gasteiger partial charge in [-0.25, -0.2) is 9.59 Å². The number of hydrogen-bond acceptors (Lipinski definition) is 5. The number of nitrogens with zero attached hydrogens (tertiary/aromatic N) is 1. The number of ether oxygens (including phenoxy) is 2. The van der Waals surface area contributed by atoms with Gasteiger partial charge in [-0.1, -0.05) is 12.8 Å². The number of anilines is 1. The number of piperidine rings is 1. The maximum absolute atomic E-state index is 12.4. The highest BCUT2D eigenvalue weighted by Gasteiger charge is 2.28.